The van der Waals surface area contributed by atoms with Crippen LogP contribution < -0.4 is 25.4 Å². The number of anilines is 2. The second-order valence-corrected chi connectivity index (χ2v) is 9.69. The van der Waals surface area contributed by atoms with Gasteiger partial charge in [-0.25, -0.2) is 4.39 Å². The SMILES string of the molecule is COc1cc2ncc(C#N)c3c2cc1OCCCNC(=O)C(CC(C)C)NCc1cc(F)c(Cl)cc1N3. The van der Waals surface area contributed by atoms with Gasteiger partial charge in [0.1, 0.15) is 11.9 Å². The van der Waals surface area contributed by atoms with E-state index < -0.39 is 11.9 Å². The molecule has 4 rings (SSSR count). The van der Waals surface area contributed by atoms with Gasteiger partial charge in [0.25, 0.3) is 0 Å². The zero-order valence-corrected chi connectivity index (χ0v) is 21.7. The monoisotopic (exact) mass is 525 g/mol. The molecule has 0 aliphatic carbocycles. The molecule has 10 heteroatoms. The molecule has 1 unspecified atom stereocenters. The van der Waals surface area contributed by atoms with Gasteiger partial charge in [0.05, 0.1) is 41.5 Å². The Kier molecular flexibility index (Phi) is 8.31. The molecular weight excluding hydrogens is 497 g/mol. The molecule has 0 saturated carbocycles. The summed E-state index contributed by atoms with van der Waals surface area (Å²) in [5, 5.41) is 19.9. The van der Waals surface area contributed by atoms with Crippen LogP contribution in [0.25, 0.3) is 10.9 Å². The number of methoxy groups -OCH3 is 1. The lowest BCUT2D eigenvalue weighted by molar-refractivity contribution is -0.123. The number of nitriles is 1. The van der Waals surface area contributed by atoms with E-state index in [0.29, 0.717) is 70.9 Å². The Hall–Kier alpha value is -3.61. The molecule has 3 aromatic rings. The summed E-state index contributed by atoms with van der Waals surface area (Å²) >= 11 is 6.15. The van der Waals surface area contributed by atoms with Crippen molar-refractivity contribution in [2.75, 3.05) is 25.6 Å². The lowest BCUT2D eigenvalue weighted by Crippen LogP contribution is -2.45. The number of carbonyl (C=O) groups is 1. The van der Waals surface area contributed by atoms with Gasteiger partial charge in [0.15, 0.2) is 11.5 Å². The fourth-order valence-electron chi connectivity index (χ4n) is 4.25. The summed E-state index contributed by atoms with van der Waals surface area (Å²) in [6.07, 6.45) is 2.65. The van der Waals surface area contributed by atoms with E-state index in [1.807, 2.05) is 13.8 Å². The normalized spacial score (nSPS) is 16.5. The van der Waals surface area contributed by atoms with Crippen LogP contribution in [0.4, 0.5) is 15.8 Å². The van der Waals surface area contributed by atoms with E-state index in [1.165, 1.54) is 25.4 Å². The van der Waals surface area contributed by atoms with E-state index in [0.717, 1.165) is 0 Å². The number of pyridine rings is 1. The molecule has 1 atom stereocenters. The quantitative estimate of drug-likeness (QED) is 0.439. The van der Waals surface area contributed by atoms with Crippen molar-refractivity contribution in [1.29, 1.82) is 5.26 Å². The molecule has 8 nitrogen and oxygen atoms in total. The number of aromatic nitrogens is 1. The zero-order chi connectivity index (χ0) is 26.5. The highest BCUT2D eigenvalue weighted by Crippen LogP contribution is 2.38. The molecule has 2 aromatic carbocycles. The zero-order valence-electron chi connectivity index (χ0n) is 21.0. The number of fused-ring (bicyclic) bond motifs is 2. The highest BCUT2D eigenvalue weighted by Gasteiger charge is 2.22. The number of carbonyl (C=O) groups excluding carboxylic acids is 1. The van der Waals surface area contributed by atoms with E-state index in [1.54, 1.807) is 12.1 Å². The molecule has 37 heavy (non-hydrogen) atoms. The maximum atomic E-state index is 14.5. The molecule has 0 saturated heterocycles. The third kappa shape index (κ3) is 6.04. The van der Waals surface area contributed by atoms with E-state index in [4.69, 9.17) is 21.1 Å². The van der Waals surface area contributed by atoms with E-state index in [-0.39, 0.29) is 23.4 Å². The van der Waals surface area contributed by atoms with Crippen LogP contribution in [0.5, 0.6) is 11.5 Å². The van der Waals surface area contributed by atoms with E-state index in [2.05, 4.69) is 27.0 Å². The van der Waals surface area contributed by atoms with Crippen molar-refractivity contribution in [3.8, 4) is 17.6 Å². The van der Waals surface area contributed by atoms with Crippen LogP contribution in [0.2, 0.25) is 5.02 Å². The van der Waals surface area contributed by atoms with Crippen LogP contribution in [0.15, 0.2) is 30.5 Å². The van der Waals surface area contributed by atoms with Crippen molar-refractivity contribution in [2.45, 2.75) is 39.3 Å². The predicted molar refractivity (Wildman–Crippen MR) is 141 cm³/mol. The lowest BCUT2D eigenvalue weighted by atomic mass is 10.0. The third-order valence-corrected chi connectivity index (χ3v) is 6.41. The van der Waals surface area contributed by atoms with Crippen molar-refractivity contribution in [1.82, 2.24) is 15.6 Å². The highest BCUT2D eigenvalue weighted by molar-refractivity contribution is 6.31. The Morgan fingerprint density at radius 1 is 1.32 bits per heavy atom. The van der Waals surface area contributed by atoms with E-state index in [9.17, 15) is 14.4 Å². The second-order valence-electron chi connectivity index (χ2n) is 9.28. The molecular formula is C27H29ClFN5O3. The molecule has 1 aliphatic heterocycles. The Labute approximate surface area is 220 Å². The summed E-state index contributed by atoms with van der Waals surface area (Å²) in [6, 6.07) is 7.99. The first kappa shape index (κ1) is 26.5. The van der Waals surface area contributed by atoms with E-state index >= 15 is 0 Å². The molecule has 1 amide bonds. The van der Waals surface area contributed by atoms with Crippen LogP contribution in [-0.4, -0.2) is 37.2 Å². The second kappa shape index (κ2) is 11.6. The molecule has 0 radical (unpaired) electrons. The van der Waals surface area contributed by atoms with Crippen LogP contribution in [0, 0.1) is 23.1 Å². The Balaban J connectivity index is 1.86. The van der Waals surface area contributed by atoms with Crippen molar-refractivity contribution in [3.63, 3.8) is 0 Å². The van der Waals surface area contributed by atoms with Gasteiger partial charge in [-0.3, -0.25) is 9.78 Å². The Bertz CT molecular complexity index is 1360. The highest BCUT2D eigenvalue weighted by atomic mass is 35.5. The fraction of sp³-hybridized carbons (Fsp3) is 0.370. The average Bonchev–Trinajstić information content (AvgIpc) is 2.87. The number of hydrogen-bond donors (Lipinski definition) is 3. The van der Waals surface area contributed by atoms with Gasteiger partial charge >= 0.3 is 0 Å². The number of ether oxygens (including phenoxy) is 2. The molecule has 3 N–H and O–H groups in total. The number of benzene rings is 2. The summed E-state index contributed by atoms with van der Waals surface area (Å²) in [6.45, 7) is 5.05. The van der Waals surface area contributed by atoms with Crippen molar-refractivity contribution in [3.05, 3.63) is 52.4 Å². The first-order valence-electron chi connectivity index (χ1n) is 12.1. The first-order valence-corrected chi connectivity index (χ1v) is 12.5. The first-order chi connectivity index (χ1) is 17.8. The molecule has 2 heterocycles. The largest absolute Gasteiger partial charge is 0.493 e. The Morgan fingerprint density at radius 3 is 2.86 bits per heavy atom. The average molecular weight is 526 g/mol. The van der Waals surface area contributed by atoms with Gasteiger partial charge in [-0.2, -0.15) is 5.26 Å². The predicted octanol–water partition coefficient (Wildman–Crippen LogP) is 5.05. The molecule has 0 spiro atoms. The van der Waals surface area contributed by atoms with Gasteiger partial charge in [-0.05, 0) is 42.5 Å². The molecule has 1 aliphatic rings. The Morgan fingerprint density at radius 2 is 2.14 bits per heavy atom. The minimum absolute atomic E-state index is 0.0697. The summed E-state index contributed by atoms with van der Waals surface area (Å²) in [7, 11) is 1.54. The summed E-state index contributed by atoms with van der Waals surface area (Å²) < 4.78 is 26.0. The minimum Gasteiger partial charge on any atom is -0.493 e. The third-order valence-electron chi connectivity index (χ3n) is 6.12. The minimum atomic E-state index is -0.580. The summed E-state index contributed by atoms with van der Waals surface area (Å²) in [5.41, 5.74) is 2.41. The number of amides is 1. The molecule has 194 valence electrons. The number of nitrogens with zero attached hydrogens (tertiary/aromatic N) is 2. The number of hydrogen-bond acceptors (Lipinski definition) is 7. The van der Waals surface area contributed by atoms with Crippen LogP contribution in [-0.2, 0) is 11.3 Å². The molecule has 2 bridgehead atoms. The van der Waals surface area contributed by atoms with Crippen LogP contribution >= 0.6 is 11.6 Å². The van der Waals surface area contributed by atoms with Crippen LogP contribution in [0.1, 0.15) is 37.8 Å². The summed E-state index contributed by atoms with van der Waals surface area (Å²) in [5.74, 6) is 0.519. The van der Waals surface area contributed by atoms with Gasteiger partial charge in [0.2, 0.25) is 5.91 Å². The fourth-order valence-corrected chi connectivity index (χ4v) is 4.42. The van der Waals surface area contributed by atoms with Crippen molar-refractivity contribution >= 4 is 39.8 Å². The van der Waals surface area contributed by atoms with Crippen molar-refractivity contribution < 1.29 is 18.7 Å². The van der Waals surface area contributed by atoms with Gasteiger partial charge < -0.3 is 25.4 Å². The van der Waals surface area contributed by atoms with Crippen LogP contribution in [0.3, 0.4) is 0 Å². The molecule has 0 fully saturated rings. The number of rotatable bonds is 3. The number of nitrogens with one attached hydrogen (secondary N) is 3. The molecule has 1 aromatic heterocycles. The maximum Gasteiger partial charge on any atom is 0.237 e. The van der Waals surface area contributed by atoms with Gasteiger partial charge in [-0.15, -0.1) is 0 Å². The number of halogens is 2. The van der Waals surface area contributed by atoms with Gasteiger partial charge in [0, 0.05) is 36.4 Å². The summed E-state index contributed by atoms with van der Waals surface area (Å²) in [4.78, 5) is 17.4. The van der Waals surface area contributed by atoms with Crippen molar-refractivity contribution in [2.24, 2.45) is 5.92 Å². The standard InChI is InChI=1S/C27H29ClFN5O3/c1-15(2)7-23-27(35)31-5-4-6-37-25-9-18-22(11-24(25)36-3)32-14-17(12-30)26(18)34-21-10-19(28)20(29)8-16(21)13-33-23/h8-11,14-15,23,33-34H,4-7,13H2,1-3H3,(H,31,35). The van der Waals surface area contributed by atoms with Gasteiger partial charge in [-0.1, -0.05) is 25.4 Å². The lowest BCUT2D eigenvalue weighted by Gasteiger charge is -2.22. The maximum absolute atomic E-state index is 14.5. The smallest absolute Gasteiger partial charge is 0.237 e. The topological polar surface area (TPSA) is 108 Å².